The monoisotopic (exact) mass is 267 g/mol. The third-order valence-electron chi connectivity index (χ3n) is 2.24. The molecule has 0 unspecified atom stereocenters. The molecular weight excluding hydrogens is 250 g/mol. The van der Waals surface area contributed by atoms with E-state index in [1.54, 1.807) is 0 Å². The van der Waals surface area contributed by atoms with E-state index in [9.17, 15) is 0 Å². The summed E-state index contributed by atoms with van der Waals surface area (Å²) in [5, 5.41) is 3.28. The molecule has 0 radical (unpaired) electrons. The Hall–Kier alpha value is -0.760. The van der Waals surface area contributed by atoms with Gasteiger partial charge in [-0.15, -0.1) is 0 Å². The van der Waals surface area contributed by atoms with Crippen molar-refractivity contribution in [2.75, 3.05) is 11.9 Å². The maximum atomic E-state index is 3.78. The van der Waals surface area contributed by atoms with E-state index >= 15 is 0 Å². The molecule has 0 aliphatic rings. The van der Waals surface area contributed by atoms with Gasteiger partial charge in [0.1, 0.15) is 0 Å². The summed E-state index contributed by atoms with van der Waals surface area (Å²) in [6.45, 7) is 11.2. The zero-order valence-corrected chi connectivity index (χ0v) is 11.2. The van der Waals surface area contributed by atoms with Crippen LogP contribution in [0.2, 0.25) is 0 Å². The number of benzene rings is 1. The first kappa shape index (κ1) is 12.3. The van der Waals surface area contributed by atoms with Crippen LogP contribution in [-0.4, -0.2) is 6.54 Å². The quantitative estimate of drug-likeness (QED) is 0.861. The molecule has 0 heterocycles. The van der Waals surface area contributed by atoms with Crippen molar-refractivity contribution in [3.8, 4) is 0 Å². The number of nitrogens with one attached hydrogen (secondary N) is 1. The lowest BCUT2D eigenvalue weighted by atomic mass is 9.87. The summed E-state index contributed by atoms with van der Waals surface area (Å²) >= 11 is 3.32. The van der Waals surface area contributed by atoms with E-state index in [4.69, 9.17) is 0 Å². The van der Waals surface area contributed by atoms with E-state index in [0.29, 0.717) is 0 Å². The van der Waals surface area contributed by atoms with Crippen LogP contribution >= 0.6 is 15.9 Å². The fourth-order valence-corrected chi connectivity index (χ4v) is 1.43. The Morgan fingerprint density at radius 1 is 1.27 bits per heavy atom. The molecular formula is C13H18BrN. The molecule has 82 valence electrons. The molecule has 0 saturated carbocycles. The van der Waals surface area contributed by atoms with Gasteiger partial charge in [-0.05, 0) is 23.1 Å². The zero-order valence-electron chi connectivity index (χ0n) is 9.60. The van der Waals surface area contributed by atoms with Gasteiger partial charge in [-0.3, -0.25) is 0 Å². The van der Waals surface area contributed by atoms with Crippen LogP contribution in [0.5, 0.6) is 0 Å². The third-order valence-corrected chi connectivity index (χ3v) is 2.52. The van der Waals surface area contributed by atoms with E-state index in [1.165, 1.54) is 5.56 Å². The Balaban J connectivity index is 2.69. The second kappa shape index (κ2) is 4.84. The summed E-state index contributed by atoms with van der Waals surface area (Å²) in [7, 11) is 0. The van der Waals surface area contributed by atoms with E-state index in [2.05, 4.69) is 72.9 Å². The van der Waals surface area contributed by atoms with Gasteiger partial charge in [0.05, 0.1) is 0 Å². The van der Waals surface area contributed by atoms with E-state index in [0.717, 1.165) is 16.7 Å². The van der Waals surface area contributed by atoms with Crippen molar-refractivity contribution in [2.45, 2.75) is 26.2 Å². The van der Waals surface area contributed by atoms with Crippen molar-refractivity contribution in [1.29, 1.82) is 0 Å². The number of halogens is 1. The molecule has 0 atom stereocenters. The highest BCUT2D eigenvalue weighted by Gasteiger charge is 2.12. The topological polar surface area (TPSA) is 12.0 Å². The lowest BCUT2D eigenvalue weighted by Crippen LogP contribution is -2.10. The minimum atomic E-state index is 0.220. The molecule has 1 N–H and O–H groups in total. The highest BCUT2D eigenvalue weighted by Crippen LogP contribution is 2.23. The first-order valence-corrected chi connectivity index (χ1v) is 5.86. The predicted molar refractivity (Wildman–Crippen MR) is 71.7 cm³/mol. The van der Waals surface area contributed by atoms with Gasteiger partial charge in [0.15, 0.2) is 0 Å². The average molecular weight is 268 g/mol. The number of anilines is 1. The first-order valence-electron chi connectivity index (χ1n) is 5.07. The smallest absolute Gasteiger partial charge is 0.0460 e. The van der Waals surface area contributed by atoms with Gasteiger partial charge in [-0.25, -0.2) is 0 Å². The molecule has 1 nitrogen and oxygen atoms in total. The van der Waals surface area contributed by atoms with Crippen LogP contribution in [0.1, 0.15) is 26.3 Å². The lowest BCUT2D eigenvalue weighted by molar-refractivity contribution is 0.590. The molecule has 0 aliphatic heterocycles. The molecule has 2 heteroatoms. The summed E-state index contributed by atoms with van der Waals surface area (Å²) in [4.78, 5) is 0. The van der Waals surface area contributed by atoms with Crippen LogP contribution in [-0.2, 0) is 5.41 Å². The molecule has 15 heavy (non-hydrogen) atoms. The molecule has 1 aromatic rings. The molecule has 1 aromatic carbocycles. The van der Waals surface area contributed by atoms with Crippen molar-refractivity contribution in [3.63, 3.8) is 0 Å². The molecule has 0 fully saturated rings. The van der Waals surface area contributed by atoms with Crippen molar-refractivity contribution in [2.24, 2.45) is 0 Å². The van der Waals surface area contributed by atoms with Crippen molar-refractivity contribution in [1.82, 2.24) is 0 Å². The first-order chi connectivity index (χ1) is 6.89. The summed E-state index contributed by atoms with van der Waals surface area (Å²) in [5.74, 6) is 0. The molecule has 0 saturated heterocycles. The van der Waals surface area contributed by atoms with Crippen LogP contribution in [0.3, 0.4) is 0 Å². The summed E-state index contributed by atoms with van der Waals surface area (Å²) in [5.41, 5.74) is 2.70. The molecule has 0 amide bonds. The fourth-order valence-electron chi connectivity index (χ4n) is 1.29. The Morgan fingerprint density at radius 3 is 2.20 bits per heavy atom. The Bertz CT molecular complexity index is 333. The van der Waals surface area contributed by atoms with Gasteiger partial charge >= 0.3 is 0 Å². The van der Waals surface area contributed by atoms with Crippen LogP contribution in [0, 0.1) is 0 Å². The molecule has 0 aliphatic carbocycles. The fraction of sp³-hybridized carbons (Fsp3) is 0.385. The van der Waals surface area contributed by atoms with Crippen molar-refractivity contribution >= 4 is 21.6 Å². The van der Waals surface area contributed by atoms with Gasteiger partial charge in [-0.2, -0.15) is 0 Å². The minimum absolute atomic E-state index is 0.220. The van der Waals surface area contributed by atoms with E-state index in [-0.39, 0.29) is 5.41 Å². The number of hydrogen-bond donors (Lipinski definition) is 1. The van der Waals surface area contributed by atoms with Crippen LogP contribution < -0.4 is 5.32 Å². The molecule has 1 rings (SSSR count). The third kappa shape index (κ3) is 4.08. The maximum Gasteiger partial charge on any atom is 0.0460 e. The van der Waals surface area contributed by atoms with Gasteiger partial charge < -0.3 is 5.32 Å². The lowest BCUT2D eigenvalue weighted by Gasteiger charge is -2.19. The molecule has 0 aromatic heterocycles. The van der Waals surface area contributed by atoms with Crippen molar-refractivity contribution in [3.05, 3.63) is 40.9 Å². The highest BCUT2D eigenvalue weighted by atomic mass is 79.9. The molecule has 0 bridgehead atoms. The van der Waals surface area contributed by atoms with Crippen LogP contribution in [0.4, 0.5) is 5.69 Å². The normalized spacial score (nSPS) is 11.2. The highest BCUT2D eigenvalue weighted by molar-refractivity contribution is 9.11. The summed E-state index contributed by atoms with van der Waals surface area (Å²) in [6.07, 6.45) is 0. The SMILES string of the molecule is C=C(Br)CNc1ccc(C(C)(C)C)cc1. The Kier molecular flexibility index (Phi) is 3.97. The average Bonchev–Trinajstić information content (AvgIpc) is 2.14. The largest absolute Gasteiger partial charge is 0.380 e. The van der Waals surface area contributed by atoms with Crippen LogP contribution in [0.25, 0.3) is 0 Å². The number of rotatable bonds is 3. The predicted octanol–water partition coefficient (Wildman–Crippen LogP) is 4.30. The summed E-state index contributed by atoms with van der Waals surface area (Å²) < 4.78 is 0.961. The van der Waals surface area contributed by atoms with Crippen LogP contribution in [0.15, 0.2) is 35.3 Å². The molecule has 0 spiro atoms. The van der Waals surface area contributed by atoms with Crippen molar-refractivity contribution < 1.29 is 0 Å². The Labute approximate surface area is 101 Å². The Morgan fingerprint density at radius 2 is 1.80 bits per heavy atom. The summed E-state index contributed by atoms with van der Waals surface area (Å²) in [6, 6.07) is 8.55. The van der Waals surface area contributed by atoms with Gasteiger partial charge in [0.25, 0.3) is 0 Å². The van der Waals surface area contributed by atoms with Gasteiger partial charge in [0.2, 0.25) is 0 Å². The second-order valence-corrected chi connectivity index (χ2v) is 5.82. The minimum Gasteiger partial charge on any atom is -0.380 e. The van der Waals surface area contributed by atoms with E-state index < -0.39 is 0 Å². The second-order valence-electron chi connectivity index (χ2n) is 4.70. The van der Waals surface area contributed by atoms with E-state index in [1.807, 2.05) is 0 Å². The zero-order chi connectivity index (χ0) is 11.5. The number of hydrogen-bond acceptors (Lipinski definition) is 1. The van der Waals surface area contributed by atoms with Gasteiger partial charge in [0, 0.05) is 16.7 Å². The maximum absolute atomic E-state index is 3.78. The standard InChI is InChI=1S/C13H18BrN/c1-10(14)9-15-12-7-5-11(6-8-12)13(2,3)4/h5-8,15H,1,9H2,2-4H3. The van der Waals surface area contributed by atoms with Gasteiger partial charge in [-0.1, -0.05) is 55.4 Å².